The van der Waals surface area contributed by atoms with Crippen molar-refractivity contribution in [3.05, 3.63) is 42.2 Å². The summed E-state index contributed by atoms with van der Waals surface area (Å²) in [5.41, 5.74) is 2.14. The van der Waals surface area contributed by atoms with E-state index in [1.165, 1.54) is 0 Å². The van der Waals surface area contributed by atoms with Gasteiger partial charge < -0.3 is 10.2 Å². The van der Waals surface area contributed by atoms with Crippen molar-refractivity contribution in [3.63, 3.8) is 0 Å². The number of nitrogens with one attached hydrogen (secondary N) is 1. The van der Waals surface area contributed by atoms with Gasteiger partial charge in [-0.2, -0.15) is 0 Å². The molecule has 0 radical (unpaired) electrons. The van der Waals surface area contributed by atoms with Crippen molar-refractivity contribution in [2.24, 2.45) is 0 Å². The molecule has 1 aromatic heterocycles. The van der Waals surface area contributed by atoms with Crippen LogP contribution in [0.25, 0.3) is 11.3 Å². The molecule has 1 aliphatic rings. The standard InChI is InChI=1S/C15H18N4/c1-12-17-14(13-5-3-2-4-6-13)11-15(18-12)19-9-7-16-8-10-19/h2-6,11,16H,7-10H2,1H3. The summed E-state index contributed by atoms with van der Waals surface area (Å²) >= 11 is 0. The molecule has 1 aromatic carbocycles. The fraction of sp³-hybridized carbons (Fsp3) is 0.333. The van der Waals surface area contributed by atoms with Gasteiger partial charge in [-0.15, -0.1) is 0 Å². The van der Waals surface area contributed by atoms with Crippen LogP contribution in [0.1, 0.15) is 5.82 Å². The minimum Gasteiger partial charge on any atom is -0.354 e. The maximum absolute atomic E-state index is 4.57. The summed E-state index contributed by atoms with van der Waals surface area (Å²) in [4.78, 5) is 11.4. The maximum atomic E-state index is 4.57. The number of benzene rings is 1. The van der Waals surface area contributed by atoms with Gasteiger partial charge in [0, 0.05) is 37.8 Å². The number of hydrogen-bond acceptors (Lipinski definition) is 4. The molecular weight excluding hydrogens is 236 g/mol. The first kappa shape index (κ1) is 12.1. The summed E-state index contributed by atoms with van der Waals surface area (Å²) in [5, 5.41) is 3.36. The van der Waals surface area contributed by atoms with Crippen LogP contribution in [0.3, 0.4) is 0 Å². The van der Waals surface area contributed by atoms with E-state index in [1.807, 2.05) is 25.1 Å². The number of piperazine rings is 1. The highest BCUT2D eigenvalue weighted by Crippen LogP contribution is 2.21. The fourth-order valence-corrected chi connectivity index (χ4v) is 2.36. The highest BCUT2D eigenvalue weighted by atomic mass is 15.2. The molecule has 2 heterocycles. The third kappa shape index (κ3) is 2.74. The number of nitrogens with zero attached hydrogens (tertiary/aromatic N) is 3. The Bertz CT molecular complexity index is 547. The van der Waals surface area contributed by atoms with Gasteiger partial charge in [0.15, 0.2) is 0 Å². The SMILES string of the molecule is Cc1nc(-c2ccccc2)cc(N2CCNCC2)n1. The summed E-state index contributed by atoms with van der Waals surface area (Å²) in [6, 6.07) is 12.4. The van der Waals surface area contributed by atoms with Crippen molar-refractivity contribution in [2.45, 2.75) is 6.92 Å². The van der Waals surface area contributed by atoms with Crippen molar-refractivity contribution in [2.75, 3.05) is 31.1 Å². The lowest BCUT2D eigenvalue weighted by atomic mass is 10.1. The van der Waals surface area contributed by atoms with E-state index < -0.39 is 0 Å². The van der Waals surface area contributed by atoms with E-state index >= 15 is 0 Å². The molecule has 0 amide bonds. The molecule has 4 heteroatoms. The van der Waals surface area contributed by atoms with Gasteiger partial charge in [-0.25, -0.2) is 9.97 Å². The predicted molar refractivity (Wildman–Crippen MR) is 77.3 cm³/mol. The van der Waals surface area contributed by atoms with Gasteiger partial charge >= 0.3 is 0 Å². The number of hydrogen-bond donors (Lipinski definition) is 1. The van der Waals surface area contributed by atoms with Crippen LogP contribution in [0.15, 0.2) is 36.4 Å². The lowest BCUT2D eigenvalue weighted by molar-refractivity contribution is 0.584. The quantitative estimate of drug-likeness (QED) is 0.888. The zero-order valence-corrected chi connectivity index (χ0v) is 11.1. The summed E-state index contributed by atoms with van der Waals surface area (Å²) in [7, 11) is 0. The van der Waals surface area contributed by atoms with Gasteiger partial charge in [-0.05, 0) is 6.92 Å². The molecule has 0 spiro atoms. The van der Waals surface area contributed by atoms with Gasteiger partial charge in [-0.3, -0.25) is 0 Å². The summed E-state index contributed by atoms with van der Waals surface area (Å²) in [6.07, 6.45) is 0. The van der Waals surface area contributed by atoms with Crippen molar-refractivity contribution < 1.29 is 0 Å². The number of rotatable bonds is 2. The summed E-state index contributed by atoms with van der Waals surface area (Å²) < 4.78 is 0. The van der Waals surface area contributed by atoms with Crippen molar-refractivity contribution in [1.29, 1.82) is 0 Å². The van der Waals surface area contributed by atoms with E-state index in [0.29, 0.717) is 0 Å². The fourth-order valence-electron chi connectivity index (χ4n) is 2.36. The third-order valence-corrected chi connectivity index (χ3v) is 3.33. The van der Waals surface area contributed by atoms with Crippen LogP contribution in [0.4, 0.5) is 5.82 Å². The molecule has 4 nitrogen and oxygen atoms in total. The van der Waals surface area contributed by atoms with E-state index in [0.717, 1.165) is 49.1 Å². The second-order valence-corrected chi connectivity index (χ2v) is 4.76. The van der Waals surface area contributed by atoms with Crippen LogP contribution in [-0.2, 0) is 0 Å². The summed E-state index contributed by atoms with van der Waals surface area (Å²) in [5.74, 6) is 1.86. The Morgan fingerprint density at radius 1 is 1.05 bits per heavy atom. The summed E-state index contributed by atoms with van der Waals surface area (Å²) in [6.45, 7) is 6.00. The van der Waals surface area contributed by atoms with Crippen molar-refractivity contribution in [1.82, 2.24) is 15.3 Å². The van der Waals surface area contributed by atoms with Gasteiger partial charge in [0.05, 0.1) is 5.69 Å². The Labute approximate surface area is 113 Å². The van der Waals surface area contributed by atoms with Crippen molar-refractivity contribution in [3.8, 4) is 11.3 Å². The third-order valence-electron chi connectivity index (χ3n) is 3.33. The predicted octanol–water partition coefficient (Wildman–Crippen LogP) is 1.86. The van der Waals surface area contributed by atoms with Gasteiger partial charge in [0.1, 0.15) is 11.6 Å². The molecule has 3 rings (SSSR count). The molecule has 0 unspecified atom stereocenters. The lowest BCUT2D eigenvalue weighted by Gasteiger charge is -2.28. The largest absolute Gasteiger partial charge is 0.354 e. The molecular formula is C15H18N4. The van der Waals surface area contributed by atoms with Crippen LogP contribution < -0.4 is 10.2 Å². The first-order valence-corrected chi connectivity index (χ1v) is 6.70. The first-order chi connectivity index (χ1) is 9.33. The molecule has 0 atom stereocenters. The average Bonchev–Trinajstić information content (AvgIpc) is 2.48. The number of aryl methyl sites for hydroxylation is 1. The van der Waals surface area contributed by atoms with Crippen LogP contribution in [0.2, 0.25) is 0 Å². The highest BCUT2D eigenvalue weighted by Gasteiger charge is 2.13. The van der Waals surface area contributed by atoms with Crippen LogP contribution in [-0.4, -0.2) is 36.1 Å². The topological polar surface area (TPSA) is 41.1 Å². The maximum Gasteiger partial charge on any atom is 0.132 e. The van der Waals surface area contributed by atoms with Gasteiger partial charge in [0.2, 0.25) is 0 Å². The molecule has 1 N–H and O–H groups in total. The van der Waals surface area contributed by atoms with Crippen LogP contribution in [0, 0.1) is 6.92 Å². The molecule has 0 saturated carbocycles. The molecule has 0 aliphatic carbocycles. The van der Waals surface area contributed by atoms with Crippen LogP contribution in [0.5, 0.6) is 0 Å². The van der Waals surface area contributed by atoms with Gasteiger partial charge in [0.25, 0.3) is 0 Å². The Hall–Kier alpha value is -1.94. The second kappa shape index (κ2) is 5.36. The Morgan fingerprint density at radius 3 is 2.53 bits per heavy atom. The van der Waals surface area contributed by atoms with E-state index in [1.54, 1.807) is 0 Å². The molecule has 19 heavy (non-hydrogen) atoms. The normalized spacial score (nSPS) is 15.5. The molecule has 1 aliphatic heterocycles. The number of aromatic nitrogens is 2. The molecule has 0 bridgehead atoms. The zero-order valence-electron chi connectivity index (χ0n) is 11.1. The average molecular weight is 254 g/mol. The van der Waals surface area contributed by atoms with Crippen LogP contribution >= 0.6 is 0 Å². The molecule has 98 valence electrons. The van der Waals surface area contributed by atoms with E-state index in [4.69, 9.17) is 0 Å². The smallest absolute Gasteiger partial charge is 0.132 e. The van der Waals surface area contributed by atoms with E-state index in [2.05, 4.69) is 38.4 Å². The van der Waals surface area contributed by atoms with E-state index in [9.17, 15) is 0 Å². The Kier molecular flexibility index (Phi) is 3.42. The molecule has 2 aromatic rings. The highest BCUT2D eigenvalue weighted by molar-refractivity contribution is 5.62. The zero-order chi connectivity index (χ0) is 13.1. The number of anilines is 1. The van der Waals surface area contributed by atoms with E-state index in [-0.39, 0.29) is 0 Å². The molecule has 1 fully saturated rings. The monoisotopic (exact) mass is 254 g/mol. The first-order valence-electron chi connectivity index (χ1n) is 6.70. The lowest BCUT2D eigenvalue weighted by Crippen LogP contribution is -2.44. The van der Waals surface area contributed by atoms with Crippen molar-refractivity contribution >= 4 is 5.82 Å². The second-order valence-electron chi connectivity index (χ2n) is 4.76. The Morgan fingerprint density at radius 2 is 1.79 bits per heavy atom. The minimum absolute atomic E-state index is 0.829. The molecule has 1 saturated heterocycles. The minimum atomic E-state index is 0.829. The Balaban J connectivity index is 1.96. The van der Waals surface area contributed by atoms with Gasteiger partial charge in [-0.1, -0.05) is 30.3 Å².